The molecule has 0 amide bonds. The Balaban J connectivity index is 1.87. The predicted octanol–water partition coefficient (Wildman–Crippen LogP) is 0.297. The smallest absolute Gasteiger partial charge is 0.292 e. The minimum absolute atomic E-state index is 0.00806. The lowest BCUT2D eigenvalue weighted by atomic mass is 10.2. The van der Waals surface area contributed by atoms with Crippen LogP contribution in [-0.4, -0.2) is 55.0 Å². The molecule has 118 valence electrons. The number of nitrogens with zero attached hydrogens (tertiary/aromatic N) is 2. The van der Waals surface area contributed by atoms with Crippen LogP contribution in [0, 0.1) is 0 Å². The van der Waals surface area contributed by atoms with Gasteiger partial charge in [-0.1, -0.05) is 6.92 Å². The van der Waals surface area contributed by atoms with E-state index in [0.717, 1.165) is 39.3 Å². The number of nitrogens with two attached hydrogens (primary N) is 1. The van der Waals surface area contributed by atoms with Crippen molar-refractivity contribution in [3.05, 3.63) is 28.7 Å². The molecule has 0 aromatic carbocycles. The van der Waals surface area contributed by atoms with Gasteiger partial charge in [-0.25, -0.2) is 0 Å². The number of ether oxygens (including phenoxy) is 2. The van der Waals surface area contributed by atoms with Crippen LogP contribution in [0.1, 0.15) is 13.3 Å². The van der Waals surface area contributed by atoms with Crippen LogP contribution < -0.4 is 16.0 Å². The molecule has 1 unspecified atom stereocenters. The van der Waals surface area contributed by atoms with E-state index in [2.05, 4.69) is 4.90 Å². The molecular weight excluding hydrogens is 270 g/mol. The summed E-state index contributed by atoms with van der Waals surface area (Å²) in [5.74, 6) is 0.397. The van der Waals surface area contributed by atoms with Crippen molar-refractivity contribution in [1.29, 1.82) is 0 Å². The normalized spacial score (nSPS) is 17.6. The molecule has 1 saturated heterocycles. The van der Waals surface area contributed by atoms with Gasteiger partial charge >= 0.3 is 0 Å². The fourth-order valence-electron chi connectivity index (χ4n) is 2.26. The molecule has 1 aliphatic rings. The second-order valence-electron chi connectivity index (χ2n) is 5.30. The monoisotopic (exact) mass is 295 g/mol. The largest absolute Gasteiger partial charge is 0.487 e. The van der Waals surface area contributed by atoms with Crippen LogP contribution in [0.25, 0.3) is 0 Å². The van der Waals surface area contributed by atoms with Gasteiger partial charge in [0.1, 0.15) is 6.61 Å². The first-order valence-electron chi connectivity index (χ1n) is 7.58. The van der Waals surface area contributed by atoms with E-state index in [1.807, 2.05) is 13.0 Å². The zero-order valence-corrected chi connectivity index (χ0v) is 12.7. The Labute approximate surface area is 125 Å². The van der Waals surface area contributed by atoms with Crippen LogP contribution in [-0.2, 0) is 11.3 Å². The number of aromatic nitrogens is 1. The molecule has 21 heavy (non-hydrogen) atoms. The molecule has 6 nitrogen and oxygen atoms in total. The summed E-state index contributed by atoms with van der Waals surface area (Å²) in [4.78, 5) is 14.5. The molecule has 1 fully saturated rings. The van der Waals surface area contributed by atoms with Gasteiger partial charge < -0.3 is 19.8 Å². The molecule has 0 radical (unpaired) electrons. The topological polar surface area (TPSA) is 69.7 Å². The van der Waals surface area contributed by atoms with Crippen molar-refractivity contribution in [3.8, 4) is 5.75 Å². The summed E-state index contributed by atoms with van der Waals surface area (Å²) in [5.41, 5.74) is 5.79. The molecule has 1 atom stereocenters. The predicted molar refractivity (Wildman–Crippen MR) is 81.7 cm³/mol. The molecule has 1 aromatic heterocycles. The van der Waals surface area contributed by atoms with E-state index in [9.17, 15) is 4.79 Å². The molecule has 1 aromatic rings. The Morgan fingerprint density at radius 1 is 1.43 bits per heavy atom. The van der Waals surface area contributed by atoms with Crippen molar-refractivity contribution < 1.29 is 9.47 Å². The zero-order chi connectivity index (χ0) is 15.1. The van der Waals surface area contributed by atoms with E-state index in [1.54, 1.807) is 16.8 Å². The molecule has 1 aliphatic heterocycles. The SMILES string of the molecule is CCC(N)Cn1cccc(OCCN2CCOCC2)c1=O. The summed E-state index contributed by atoms with van der Waals surface area (Å²) >= 11 is 0. The van der Waals surface area contributed by atoms with Gasteiger partial charge in [-0.2, -0.15) is 0 Å². The minimum atomic E-state index is -0.108. The average molecular weight is 295 g/mol. The summed E-state index contributed by atoms with van der Waals surface area (Å²) in [7, 11) is 0. The van der Waals surface area contributed by atoms with E-state index in [1.165, 1.54) is 0 Å². The van der Waals surface area contributed by atoms with E-state index in [-0.39, 0.29) is 11.6 Å². The molecule has 0 aliphatic carbocycles. The van der Waals surface area contributed by atoms with Crippen molar-refractivity contribution in [1.82, 2.24) is 9.47 Å². The Hall–Kier alpha value is -1.37. The Kier molecular flexibility index (Phi) is 6.22. The fourth-order valence-corrected chi connectivity index (χ4v) is 2.26. The third-order valence-electron chi connectivity index (χ3n) is 3.71. The minimum Gasteiger partial charge on any atom is -0.487 e. The Morgan fingerprint density at radius 3 is 2.90 bits per heavy atom. The average Bonchev–Trinajstić information content (AvgIpc) is 2.52. The van der Waals surface area contributed by atoms with E-state index >= 15 is 0 Å². The van der Waals surface area contributed by atoms with Gasteiger partial charge in [-0.15, -0.1) is 0 Å². The summed E-state index contributed by atoms with van der Waals surface area (Å²) in [5, 5.41) is 0. The van der Waals surface area contributed by atoms with Crippen LogP contribution in [0.4, 0.5) is 0 Å². The van der Waals surface area contributed by atoms with Crippen molar-refractivity contribution in [2.24, 2.45) is 5.73 Å². The first-order valence-corrected chi connectivity index (χ1v) is 7.58. The quantitative estimate of drug-likeness (QED) is 0.783. The second-order valence-corrected chi connectivity index (χ2v) is 5.30. The van der Waals surface area contributed by atoms with Gasteiger partial charge in [0.15, 0.2) is 5.75 Å². The number of hydrogen-bond donors (Lipinski definition) is 1. The van der Waals surface area contributed by atoms with E-state index in [4.69, 9.17) is 15.2 Å². The lowest BCUT2D eigenvalue weighted by Gasteiger charge is -2.26. The number of hydrogen-bond acceptors (Lipinski definition) is 5. The third-order valence-corrected chi connectivity index (χ3v) is 3.71. The van der Waals surface area contributed by atoms with Crippen molar-refractivity contribution in [2.75, 3.05) is 39.5 Å². The fraction of sp³-hybridized carbons (Fsp3) is 0.667. The van der Waals surface area contributed by atoms with Crippen LogP contribution in [0.2, 0.25) is 0 Å². The molecule has 0 bridgehead atoms. The Bertz CT molecular complexity index is 483. The highest BCUT2D eigenvalue weighted by Crippen LogP contribution is 2.04. The molecule has 6 heteroatoms. The summed E-state index contributed by atoms with van der Waals surface area (Å²) in [6, 6.07) is 3.54. The standard InChI is InChI=1S/C15H25N3O3/c1-2-13(16)12-18-5-3-4-14(15(18)19)21-11-8-17-6-9-20-10-7-17/h3-5,13H,2,6-12,16H2,1H3. The van der Waals surface area contributed by atoms with Gasteiger partial charge in [0.05, 0.1) is 13.2 Å². The summed E-state index contributed by atoms with van der Waals surface area (Å²) in [6.45, 7) is 7.25. The van der Waals surface area contributed by atoms with Crippen molar-refractivity contribution >= 4 is 0 Å². The van der Waals surface area contributed by atoms with E-state index in [0.29, 0.717) is 18.9 Å². The maximum atomic E-state index is 12.3. The van der Waals surface area contributed by atoms with Crippen molar-refractivity contribution in [2.45, 2.75) is 25.9 Å². The molecule has 2 N–H and O–H groups in total. The highest BCUT2D eigenvalue weighted by atomic mass is 16.5. The first kappa shape index (κ1) is 16.0. The van der Waals surface area contributed by atoms with Crippen LogP contribution in [0.5, 0.6) is 5.75 Å². The maximum Gasteiger partial charge on any atom is 0.292 e. The van der Waals surface area contributed by atoms with Crippen LogP contribution in [0.3, 0.4) is 0 Å². The summed E-state index contributed by atoms with van der Waals surface area (Å²) < 4.78 is 12.6. The molecule has 2 rings (SSSR count). The molecule has 0 saturated carbocycles. The van der Waals surface area contributed by atoms with Crippen molar-refractivity contribution in [3.63, 3.8) is 0 Å². The second kappa shape index (κ2) is 8.17. The van der Waals surface area contributed by atoms with Crippen LogP contribution >= 0.6 is 0 Å². The van der Waals surface area contributed by atoms with Gasteiger partial charge in [0.2, 0.25) is 0 Å². The highest BCUT2D eigenvalue weighted by Gasteiger charge is 2.11. The van der Waals surface area contributed by atoms with Gasteiger partial charge in [-0.05, 0) is 18.6 Å². The third kappa shape index (κ3) is 4.84. The highest BCUT2D eigenvalue weighted by molar-refractivity contribution is 5.17. The number of pyridine rings is 1. The summed E-state index contributed by atoms with van der Waals surface area (Å²) in [6.07, 6.45) is 2.60. The first-order chi connectivity index (χ1) is 10.2. The Morgan fingerprint density at radius 2 is 2.19 bits per heavy atom. The number of morpholine rings is 1. The van der Waals surface area contributed by atoms with E-state index < -0.39 is 0 Å². The lowest BCUT2D eigenvalue weighted by Crippen LogP contribution is -2.39. The maximum absolute atomic E-state index is 12.3. The molecular formula is C15H25N3O3. The van der Waals surface area contributed by atoms with Gasteiger partial charge in [0.25, 0.3) is 5.56 Å². The lowest BCUT2D eigenvalue weighted by molar-refractivity contribution is 0.0321. The zero-order valence-electron chi connectivity index (χ0n) is 12.7. The van der Waals surface area contributed by atoms with Gasteiger partial charge in [0, 0.05) is 38.4 Å². The molecule has 0 spiro atoms. The molecule has 2 heterocycles. The van der Waals surface area contributed by atoms with Gasteiger partial charge in [-0.3, -0.25) is 9.69 Å². The number of rotatable bonds is 7. The van der Waals surface area contributed by atoms with Crippen LogP contribution in [0.15, 0.2) is 23.1 Å².